The Balaban J connectivity index is 0.000000303. The lowest BCUT2D eigenvalue weighted by atomic mass is 10.1. The van der Waals surface area contributed by atoms with Crippen molar-refractivity contribution in [2.24, 2.45) is 5.73 Å². The monoisotopic (exact) mass is 461 g/mol. The molecule has 2 aromatic carbocycles. The Labute approximate surface area is 193 Å². The summed E-state index contributed by atoms with van der Waals surface area (Å²) in [4.78, 5) is 10.2. The molecule has 1 amide bonds. The fourth-order valence-electron chi connectivity index (χ4n) is 3.32. The summed E-state index contributed by atoms with van der Waals surface area (Å²) in [6, 6.07) is 14.7. The minimum atomic E-state index is -0.786. The van der Waals surface area contributed by atoms with Crippen molar-refractivity contribution in [2.45, 2.75) is 64.0 Å². The Bertz CT molecular complexity index is 843. The molecule has 0 bridgehead atoms. The number of ether oxygens (including phenoxy) is 3. The van der Waals surface area contributed by atoms with Gasteiger partial charge in [0, 0.05) is 21.8 Å². The largest absolute Gasteiger partial charge is 0.454 e. The van der Waals surface area contributed by atoms with Crippen molar-refractivity contribution in [2.75, 3.05) is 12.5 Å². The van der Waals surface area contributed by atoms with Crippen molar-refractivity contribution in [3.05, 3.63) is 54.1 Å². The van der Waals surface area contributed by atoms with Crippen molar-refractivity contribution < 1.29 is 23.2 Å². The summed E-state index contributed by atoms with van der Waals surface area (Å²) in [5, 5.41) is 0.191. The molecule has 1 aliphatic rings. The molecule has 2 atom stereocenters. The second-order valence-electron chi connectivity index (χ2n) is 7.79. The molecule has 0 aliphatic carbocycles. The number of amides is 1. The van der Waals surface area contributed by atoms with Gasteiger partial charge in [-0.2, -0.15) is 0 Å². The van der Waals surface area contributed by atoms with E-state index >= 15 is 0 Å². The van der Waals surface area contributed by atoms with Crippen LogP contribution in [0, 0.1) is 0 Å². The van der Waals surface area contributed by atoms with Gasteiger partial charge in [-0.15, -0.1) is 0 Å². The van der Waals surface area contributed by atoms with Crippen LogP contribution in [0.4, 0.5) is 4.79 Å². The average Bonchev–Trinajstić information content (AvgIpc) is 3.24. The molecule has 0 radical (unpaired) electrons. The molecule has 1 aliphatic heterocycles. The maximum Gasteiger partial charge on any atom is 0.409 e. The number of fused-ring (bicyclic) bond motifs is 1. The van der Waals surface area contributed by atoms with E-state index in [9.17, 15) is 9.00 Å². The Morgan fingerprint density at radius 3 is 2.44 bits per heavy atom. The molecule has 2 unspecified atom stereocenters. The van der Waals surface area contributed by atoms with Crippen LogP contribution in [0.3, 0.4) is 0 Å². The van der Waals surface area contributed by atoms with E-state index in [2.05, 4.69) is 18.6 Å². The van der Waals surface area contributed by atoms with Crippen LogP contribution in [0.2, 0.25) is 0 Å². The summed E-state index contributed by atoms with van der Waals surface area (Å²) < 4.78 is 27.6. The average molecular weight is 462 g/mol. The summed E-state index contributed by atoms with van der Waals surface area (Å²) in [7, 11) is -0.743. The van der Waals surface area contributed by atoms with Gasteiger partial charge in [0.2, 0.25) is 6.79 Å². The first kappa shape index (κ1) is 25.7. The van der Waals surface area contributed by atoms with E-state index in [1.54, 1.807) is 24.3 Å². The highest BCUT2D eigenvalue weighted by molar-refractivity contribution is 7.85. The number of benzene rings is 2. The maximum atomic E-state index is 12.3. The van der Waals surface area contributed by atoms with Gasteiger partial charge in [-0.1, -0.05) is 70.2 Å². The minimum Gasteiger partial charge on any atom is -0.454 e. The van der Waals surface area contributed by atoms with E-state index in [0.29, 0.717) is 12.5 Å². The molecule has 2 N–H and O–H groups in total. The normalized spacial score (nSPS) is 13.6. The summed E-state index contributed by atoms with van der Waals surface area (Å²) in [6.45, 7) is 4.61. The van der Waals surface area contributed by atoms with E-state index in [1.165, 1.54) is 37.7 Å². The minimum absolute atomic E-state index is 0.191. The predicted molar refractivity (Wildman–Crippen MR) is 129 cm³/mol. The van der Waals surface area contributed by atoms with E-state index in [0.717, 1.165) is 30.1 Å². The Morgan fingerprint density at radius 1 is 1.03 bits per heavy atom. The molecule has 0 aromatic heterocycles. The number of primary amides is 1. The second kappa shape index (κ2) is 14.5. The fourth-order valence-corrected chi connectivity index (χ4v) is 4.59. The van der Waals surface area contributed by atoms with Crippen LogP contribution in [0.25, 0.3) is 0 Å². The van der Waals surface area contributed by atoms with Gasteiger partial charge >= 0.3 is 6.09 Å². The predicted octanol–water partition coefficient (Wildman–Crippen LogP) is 5.60. The van der Waals surface area contributed by atoms with Crippen LogP contribution in [0.15, 0.2) is 48.5 Å². The zero-order valence-corrected chi connectivity index (χ0v) is 19.9. The van der Waals surface area contributed by atoms with Gasteiger partial charge < -0.3 is 19.9 Å². The van der Waals surface area contributed by atoms with E-state index in [-0.39, 0.29) is 5.25 Å². The van der Waals surface area contributed by atoms with Crippen LogP contribution in [0.5, 0.6) is 17.2 Å². The number of nitrogens with two attached hydrogens (primary N) is 1. The molecular formula is C25H35NO5S. The number of unbranched alkanes of at least 4 members (excludes halogenated alkanes) is 5. The molecule has 0 spiro atoms. The van der Waals surface area contributed by atoms with E-state index < -0.39 is 16.9 Å². The number of hydrogen-bond donors (Lipinski definition) is 1. The van der Waals surface area contributed by atoms with Gasteiger partial charge in [0.15, 0.2) is 11.5 Å². The summed E-state index contributed by atoms with van der Waals surface area (Å²) >= 11 is 0. The van der Waals surface area contributed by atoms with Gasteiger partial charge in [-0.3, -0.25) is 4.21 Å². The zero-order valence-electron chi connectivity index (χ0n) is 19.1. The standard InChI is InChI=1S/C18H28O3S.C7H7NO2/c1-3-4-5-6-7-8-11-22(19)15(2)12-16-9-10-17-18(13-16)21-14-20-17;8-7(9)10-6-4-2-1-3-5-6/h9-10,13,15H,3-8,11-12,14H2,1-2H3;1-5H,(H2,8,9). The molecule has 176 valence electrons. The lowest BCUT2D eigenvalue weighted by Crippen LogP contribution is -2.16. The topological polar surface area (TPSA) is 87.9 Å². The van der Waals surface area contributed by atoms with Crippen LogP contribution in [-0.4, -0.2) is 28.1 Å². The first-order chi connectivity index (χ1) is 15.5. The van der Waals surface area contributed by atoms with Crippen molar-refractivity contribution in [3.8, 4) is 17.2 Å². The third-order valence-electron chi connectivity index (χ3n) is 5.07. The van der Waals surface area contributed by atoms with E-state index in [1.807, 2.05) is 24.3 Å². The van der Waals surface area contributed by atoms with Gasteiger partial charge in [-0.05, 0) is 42.7 Å². The Kier molecular flexibility index (Phi) is 11.7. The highest BCUT2D eigenvalue weighted by Gasteiger charge is 2.16. The fraction of sp³-hybridized carbons (Fsp3) is 0.480. The molecule has 7 heteroatoms. The molecular weight excluding hydrogens is 426 g/mol. The highest BCUT2D eigenvalue weighted by Crippen LogP contribution is 2.33. The smallest absolute Gasteiger partial charge is 0.409 e. The SMILES string of the molecule is CCCCCCCCS(=O)C(C)Cc1ccc2c(c1)OCO2.NC(=O)Oc1ccccc1. The summed E-state index contributed by atoms with van der Waals surface area (Å²) in [5.74, 6) is 2.92. The zero-order chi connectivity index (χ0) is 23.2. The van der Waals surface area contributed by atoms with Crippen LogP contribution >= 0.6 is 0 Å². The lowest BCUT2D eigenvalue weighted by molar-refractivity contribution is 0.174. The van der Waals surface area contributed by atoms with Crippen molar-refractivity contribution in [1.29, 1.82) is 0 Å². The quantitative estimate of drug-likeness (QED) is 0.440. The van der Waals surface area contributed by atoms with Crippen LogP contribution in [0.1, 0.15) is 57.9 Å². The third-order valence-corrected chi connectivity index (χ3v) is 6.82. The second-order valence-corrected chi connectivity index (χ2v) is 9.76. The number of carbonyl (C=O) groups excluding carboxylic acids is 1. The molecule has 3 rings (SSSR count). The first-order valence-corrected chi connectivity index (χ1v) is 12.7. The Morgan fingerprint density at radius 2 is 1.72 bits per heavy atom. The van der Waals surface area contributed by atoms with Crippen molar-refractivity contribution >= 4 is 16.9 Å². The molecule has 1 heterocycles. The molecule has 0 saturated carbocycles. The van der Waals surface area contributed by atoms with E-state index in [4.69, 9.17) is 15.2 Å². The van der Waals surface area contributed by atoms with Gasteiger partial charge in [-0.25, -0.2) is 4.79 Å². The number of rotatable bonds is 11. The van der Waals surface area contributed by atoms with Crippen LogP contribution in [-0.2, 0) is 17.2 Å². The summed E-state index contributed by atoms with van der Waals surface area (Å²) in [5.41, 5.74) is 5.94. The van der Waals surface area contributed by atoms with Gasteiger partial charge in [0.25, 0.3) is 0 Å². The lowest BCUT2D eigenvalue weighted by Gasteiger charge is -2.12. The molecule has 32 heavy (non-hydrogen) atoms. The molecule has 2 aromatic rings. The molecule has 0 saturated heterocycles. The number of hydrogen-bond acceptors (Lipinski definition) is 5. The first-order valence-electron chi connectivity index (χ1n) is 11.3. The maximum absolute atomic E-state index is 12.3. The van der Waals surface area contributed by atoms with Crippen LogP contribution < -0.4 is 19.9 Å². The Hall–Kier alpha value is -2.54. The number of carbonyl (C=O) groups is 1. The van der Waals surface area contributed by atoms with Gasteiger partial charge in [0.05, 0.1) is 0 Å². The highest BCUT2D eigenvalue weighted by atomic mass is 32.2. The third kappa shape index (κ3) is 9.73. The number of para-hydroxylation sites is 1. The van der Waals surface area contributed by atoms with Crippen molar-refractivity contribution in [1.82, 2.24) is 0 Å². The van der Waals surface area contributed by atoms with Crippen molar-refractivity contribution in [3.63, 3.8) is 0 Å². The van der Waals surface area contributed by atoms with Gasteiger partial charge in [0.1, 0.15) is 5.75 Å². The molecule has 0 fully saturated rings. The molecule has 6 nitrogen and oxygen atoms in total. The summed E-state index contributed by atoms with van der Waals surface area (Å²) in [6.07, 6.45) is 7.54.